The van der Waals surface area contributed by atoms with E-state index in [2.05, 4.69) is 39.3 Å². The highest BCUT2D eigenvalue weighted by Gasteiger charge is 2.00. The van der Waals surface area contributed by atoms with Gasteiger partial charge in [-0.2, -0.15) is 4.99 Å². The van der Waals surface area contributed by atoms with E-state index in [1.54, 1.807) is 6.07 Å². The van der Waals surface area contributed by atoms with E-state index in [0.717, 1.165) is 30.8 Å². The van der Waals surface area contributed by atoms with Crippen molar-refractivity contribution in [1.29, 1.82) is 0 Å². The molecule has 1 heterocycles. The largest absolute Gasteiger partial charge is 0.238 e. The maximum Gasteiger partial charge on any atom is 0.166 e. The molecule has 0 N–H and O–H groups in total. The molecule has 1 aromatic rings. The van der Waals surface area contributed by atoms with Crippen LogP contribution in [0.5, 0.6) is 0 Å². The number of aromatic nitrogens is 2. The van der Waals surface area contributed by atoms with E-state index in [4.69, 9.17) is 0 Å². The van der Waals surface area contributed by atoms with E-state index in [9.17, 15) is 0 Å². The minimum absolute atomic E-state index is 0.610. The zero-order chi connectivity index (χ0) is 10.4. The van der Waals surface area contributed by atoms with Crippen molar-refractivity contribution in [2.24, 2.45) is 4.99 Å². The van der Waals surface area contributed by atoms with Crippen molar-refractivity contribution in [1.82, 2.24) is 9.97 Å². The topological polar surface area (TPSA) is 38.1 Å². The van der Waals surface area contributed by atoms with Crippen molar-refractivity contribution >= 4 is 23.2 Å². The van der Waals surface area contributed by atoms with Gasteiger partial charge in [0.25, 0.3) is 0 Å². The second-order valence-electron chi connectivity index (χ2n) is 3.09. The van der Waals surface area contributed by atoms with Crippen LogP contribution in [0.25, 0.3) is 0 Å². The van der Waals surface area contributed by atoms with Crippen molar-refractivity contribution in [2.75, 3.05) is 0 Å². The predicted molar refractivity (Wildman–Crippen MR) is 60.1 cm³/mol. The molecule has 0 aliphatic rings. The second-order valence-corrected chi connectivity index (χ2v) is 3.27. The highest BCUT2D eigenvalue weighted by molar-refractivity contribution is 7.78. The van der Waals surface area contributed by atoms with Gasteiger partial charge in [0.2, 0.25) is 0 Å². The maximum atomic E-state index is 4.53. The molecule has 3 nitrogen and oxygen atoms in total. The molecule has 0 atom stereocenters. The third-order valence-corrected chi connectivity index (χ3v) is 1.89. The molecule has 0 saturated heterocycles. The van der Waals surface area contributed by atoms with Crippen LogP contribution in [0.15, 0.2) is 11.1 Å². The number of thiocarbonyl (C=S) groups is 1. The third kappa shape index (κ3) is 3.32. The normalized spacial score (nSPS) is 9.57. The highest BCUT2D eigenvalue weighted by Crippen LogP contribution is 2.10. The van der Waals surface area contributed by atoms with Crippen LogP contribution in [-0.2, 0) is 6.42 Å². The third-order valence-electron chi connectivity index (χ3n) is 1.80. The first kappa shape index (κ1) is 11.0. The van der Waals surface area contributed by atoms with E-state index in [-0.39, 0.29) is 0 Å². The van der Waals surface area contributed by atoms with Gasteiger partial charge < -0.3 is 0 Å². The van der Waals surface area contributed by atoms with Crippen molar-refractivity contribution in [3.63, 3.8) is 0 Å². The lowest BCUT2D eigenvalue weighted by molar-refractivity contribution is 0.748. The van der Waals surface area contributed by atoms with Gasteiger partial charge in [-0.05, 0) is 25.6 Å². The molecule has 1 rings (SSSR count). The Kier molecular flexibility index (Phi) is 4.36. The van der Waals surface area contributed by atoms with Crippen molar-refractivity contribution in [2.45, 2.75) is 33.1 Å². The fraction of sp³-hybridized carbons (Fsp3) is 0.500. The van der Waals surface area contributed by atoms with E-state index in [1.807, 2.05) is 6.92 Å². The molecule has 0 radical (unpaired) electrons. The number of unbranched alkanes of at least 4 members (excludes halogenated alkanes) is 1. The number of rotatable bonds is 4. The molecule has 1 aromatic heterocycles. The first-order valence-electron chi connectivity index (χ1n) is 4.68. The number of aryl methyl sites for hydroxylation is 2. The molecule has 0 aliphatic heterocycles. The molecule has 0 saturated carbocycles. The van der Waals surface area contributed by atoms with Gasteiger partial charge in [-0.1, -0.05) is 13.3 Å². The zero-order valence-electron chi connectivity index (χ0n) is 8.45. The van der Waals surface area contributed by atoms with Crippen LogP contribution >= 0.6 is 12.2 Å². The first-order chi connectivity index (χ1) is 6.76. The Morgan fingerprint density at radius 3 is 2.93 bits per heavy atom. The highest BCUT2D eigenvalue weighted by atomic mass is 32.1. The molecule has 0 spiro atoms. The Balaban J connectivity index is 2.89. The molecule has 0 amide bonds. The summed E-state index contributed by atoms with van der Waals surface area (Å²) in [4.78, 5) is 12.4. The van der Waals surface area contributed by atoms with Crippen LogP contribution in [0, 0.1) is 6.92 Å². The zero-order valence-corrected chi connectivity index (χ0v) is 9.27. The first-order valence-corrected chi connectivity index (χ1v) is 5.09. The van der Waals surface area contributed by atoms with Crippen LogP contribution in [0.1, 0.15) is 31.3 Å². The Morgan fingerprint density at radius 2 is 2.29 bits per heavy atom. The molecule has 4 heteroatoms. The summed E-state index contributed by atoms with van der Waals surface area (Å²) >= 11 is 4.53. The molecule has 0 aliphatic carbocycles. The monoisotopic (exact) mass is 207 g/mol. The minimum Gasteiger partial charge on any atom is -0.238 e. The molecule has 14 heavy (non-hydrogen) atoms. The van der Waals surface area contributed by atoms with Crippen molar-refractivity contribution < 1.29 is 0 Å². The van der Waals surface area contributed by atoms with Gasteiger partial charge >= 0.3 is 0 Å². The summed E-state index contributed by atoms with van der Waals surface area (Å²) < 4.78 is 0. The smallest absolute Gasteiger partial charge is 0.166 e. The summed E-state index contributed by atoms with van der Waals surface area (Å²) in [6, 6.07) is 1.80. The van der Waals surface area contributed by atoms with Crippen LogP contribution in [0.4, 0.5) is 5.82 Å². The Morgan fingerprint density at radius 1 is 1.50 bits per heavy atom. The fourth-order valence-corrected chi connectivity index (χ4v) is 1.26. The number of nitrogens with zero attached hydrogens (tertiary/aromatic N) is 3. The SMILES string of the molecule is CCCCc1nc(C)cc(N=C=S)n1. The molecule has 0 bridgehead atoms. The summed E-state index contributed by atoms with van der Waals surface area (Å²) in [5, 5.41) is 2.31. The fourth-order valence-electron chi connectivity index (χ4n) is 1.16. The summed E-state index contributed by atoms with van der Waals surface area (Å²) in [7, 11) is 0. The van der Waals surface area contributed by atoms with Gasteiger partial charge in [0.15, 0.2) is 5.82 Å². The second kappa shape index (κ2) is 5.58. The van der Waals surface area contributed by atoms with Crippen molar-refractivity contribution in [3.05, 3.63) is 17.6 Å². The molecular formula is C10H13N3S. The van der Waals surface area contributed by atoms with Gasteiger partial charge in [0.1, 0.15) is 5.82 Å². The Bertz CT molecular complexity index is 356. The van der Waals surface area contributed by atoms with Crippen LogP contribution in [0.2, 0.25) is 0 Å². The lowest BCUT2D eigenvalue weighted by atomic mass is 10.2. The van der Waals surface area contributed by atoms with Crippen molar-refractivity contribution in [3.8, 4) is 0 Å². The lowest BCUT2D eigenvalue weighted by Gasteiger charge is -2.00. The minimum atomic E-state index is 0.610. The number of hydrogen-bond acceptors (Lipinski definition) is 4. The summed E-state index contributed by atoms with van der Waals surface area (Å²) in [5.74, 6) is 1.45. The van der Waals surface area contributed by atoms with E-state index in [0.29, 0.717) is 5.82 Å². The average Bonchev–Trinajstić information content (AvgIpc) is 2.14. The number of hydrogen-bond donors (Lipinski definition) is 0. The van der Waals surface area contributed by atoms with Gasteiger partial charge in [-0.25, -0.2) is 9.97 Å². The molecule has 0 unspecified atom stereocenters. The van der Waals surface area contributed by atoms with Gasteiger partial charge in [-0.15, -0.1) is 0 Å². The molecular weight excluding hydrogens is 194 g/mol. The van der Waals surface area contributed by atoms with Gasteiger partial charge in [0, 0.05) is 18.2 Å². The van der Waals surface area contributed by atoms with Crippen LogP contribution in [-0.4, -0.2) is 15.1 Å². The molecule has 74 valence electrons. The Hall–Kier alpha value is -1.12. The predicted octanol–water partition coefficient (Wildman–Crippen LogP) is 2.86. The van der Waals surface area contributed by atoms with Gasteiger partial charge in [-0.3, -0.25) is 0 Å². The van der Waals surface area contributed by atoms with Crippen LogP contribution in [0.3, 0.4) is 0 Å². The summed E-state index contributed by atoms with van der Waals surface area (Å²) in [6.45, 7) is 4.07. The van der Waals surface area contributed by atoms with Gasteiger partial charge in [0.05, 0.1) is 5.16 Å². The maximum absolute atomic E-state index is 4.53. The van der Waals surface area contributed by atoms with Crippen LogP contribution < -0.4 is 0 Å². The number of aliphatic imine (C=N–C) groups is 1. The van der Waals surface area contributed by atoms with E-state index >= 15 is 0 Å². The quantitative estimate of drug-likeness (QED) is 0.563. The standard InChI is InChI=1S/C10H13N3S/c1-3-4-5-9-12-8(2)6-10(13-9)11-7-14/h6H,3-5H2,1-2H3. The number of isothiocyanates is 1. The van der Waals surface area contributed by atoms with E-state index < -0.39 is 0 Å². The lowest BCUT2D eigenvalue weighted by Crippen LogP contribution is -1.96. The Labute approximate surface area is 89.3 Å². The van der Waals surface area contributed by atoms with E-state index in [1.165, 1.54) is 0 Å². The summed E-state index contributed by atoms with van der Waals surface area (Å²) in [5.41, 5.74) is 0.926. The molecule has 0 aromatic carbocycles. The summed E-state index contributed by atoms with van der Waals surface area (Å²) in [6.07, 6.45) is 3.14. The molecule has 0 fully saturated rings. The average molecular weight is 207 g/mol.